The van der Waals surface area contributed by atoms with Gasteiger partial charge >= 0.3 is 12.1 Å². The Labute approximate surface area is 184 Å². The molecule has 2 aromatic carbocycles. The van der Waals surface area contributed by atoms with E-state index in [4.69, 9.17) is 4.74 Å². The minimum absolute atomic E-state index is 0.0529. The van der Waals surface area contributed by atoms with E-state index in [1.807, 2.05) is 0 Å². The first-order valence-corrected chi connectivity index (χ1v) is 10.1. The van der Waals surface area contributed by atoms with Gasteiger partial charge in [0.1, 0.15) is 17.1 Å². The fraction of sp³-hybridized carbons (Fsp3) is 0.364. The Hall–Kier alpha value is -3.69. The van der Waals surface area contributed by atoms with Gasteiger partial charge in [0.05, 0.1) is 4.92 Å². The molecule has 1 heterocycles. The van der Waals surface area contributed by atoms with Crippen molar-refractivity contribution in [1.82, 2.24) is 10.2 Å². The first kappa shape index (κ1) is 23.0. The number of amides is 3. The summed E-state index contributed by atoms with van der Waals surface area (Å²) >= 11 is 0. The van der Waals surface area contributed by atoms with E-state index in [1.165, 1.54) is 29.2 Å². The summed E-state index contributed by atoms with van der Waals surface area (Å²) < 4.78 is 18.4. The first-order chi connectivity index (χ1) is 15.0. The van der Waals surface area contributed by atoms with Crippen LogP contribution < -0.4 is 10.6 Å². The molecule has 0 radical (unpaired) electrons. The van der Waals surface area contributed by atoms with E-state index in [9.17, 15) is 24.1 Å². The molecule has 1 saturated heterocycles. The molecule has 3 rings (SSSR count). The number of anilines is 1. The Balaban J connectivity index is 1.60. The lowest BCUT2D eigenvalue weighted by molar-refractivity contribution is -0.383. The normalized spacial score (nSPS) is 13.8. The maximum atomic E-state index is 13.2. The number of ether oxygens (including phenoxy) is 1. The Morgan fingerprint density at radius 2 is 1.78 bits per heavy atom. The highest BCUT2D eigenvalue weighted by atomic mass is 19.1. The second-order valence-corrected chi connectivity index (χ2v) is 8.58. The van der Waals surface area contributed by atoms with Crippen molar-refractivity contribution in [2.24, 2.45) is 5.92 Å². The topological polar surface area (TPSA) is 114 Å². The number of hydrogen-bond donors (Lipinski definition) is 2. The van der Waals surface area contributed by atoms with Crippen LogP contribution in [0.15, 0.2) is 42.5 Å². The maximum Gasteiger partial charge on any atom is 0.407 e. The predicted octanol–water partition coefficient (Wildman–Crippen LogP) is 4.39. The molecule has 0 aliphatic carbocycles. The highest BCUT2D eigenvalue weighted by Crippen LogP contribution is 2.31. The molecule has 0 atom stereocenters. The van der Waals surface area contributed by atoms with Gasteiger partial charge in [-0.25, -0.2) is 14.0 Å². The SMILES string of the molecule is CC(C)(C)OC(=O)NCC1CN(C(=O)Nc2cc(-c3ccc(F)cc3)ccc2[N+](=O)[O-])C1. The Morgan fingerprint density at radius 1 is 1.16 bits per heavy atom. The van der Waals surface area contributed by atoms with E-state index in [2.05, 4.69) is 10.6 Å². The molecule has 1 fully saturated rings. The summed E-state index contributed by atoms with van der Waals surface area (Å²) in [5.74, 6) is -0.327. The number of nitrogens with zero attached hydrogens (tertiary/aromatic N) is 2. The van der Waals surface area contributed by atoms with Crippen LogP contribution in [0, 0.1) is 21.8 Å². The fourth-order valence-electron chi connectivity index (χ4n) is 3.22. The van der Waals surface area contributed by atoms with Crippen molar-refractivity contribution in [1.29, 1.82) is 0 Å². The third kappa shape index (κ3) is 5.93. The summed E-state index contributed by atoms with van der Waals surface area (Å²) in [6.45, 7) is 6.46. The van der Waals surface area contributed by atoms with Gasteiger partial charge in [-0.3, -0.25) is 10.1 Å². The number of nitro groups is 1. The van der Waals surface area contributed by atoms with E-state index in [0.29, 0.717) is 30.8 Å². The average molecular weight is 444 g/mol. The van der Waals surface area contributed by atoms with Crippen LogP contribution >= 0.6 is 0 Å². The van der Waals surface area contributed by atoms with Gasteiger partial charge in [-0.2, -0.15) is 0 Å². The van der Waals surface area contributed by atoms with Crippen LogP contribution in [0.3, 0.4) is 0 Å². The number of benzene rings is 2. The number of halogens is 1. The molecule has 32 heavy (non-hydrogen) atoms. The average Bonchev–Trinajstić information content (AvgIpc) is 2.65. The van der Waals surface area contributed by atoms with Crippen LogP contribution in [0.1, 0.15) is 20.8 Å². The summed E-state index contributed by atoms with van der Waals surface area (Å²) in [4.78, 5) is 36.6. The molecule has 0 unspecified atom stereocenters. The summed E-state index contributed by atoms with van der Waals surface area (Å²) in [6, 6.07) is 9.56. The summed E-state index contributed by atoms with van der Waals surface area (Å²) in [5.41, 5.74) is 0.486. The zero-order chi connectivity index (χ0) is 23.5. The third-order valence-corrected chi connectivity index (χ3v) is 4.79. The molecule has 0 spiro atoms. The molecule has 0 aromatic heterocycles. The third-order valence-electron chi connectivity index (χ3n) is 4.79. The highest BCUT2D eigenvalue weighted by Gasteiger charge is 2.32. The fourth-order valence-corrected chi connectivity index (χ4v) is 3.22. The number of nitro benzene ring substituents is 1. The Morgan fingerprint density at radius 3 is 2.38 bits per heavy atom. The molecule has 1 aliphatic rings. The number of nitrogens with one attached hydrogen (secondary N) is 2. The quantitative estimate of drug-likeness (QED) is 0.524. The molecule has 0 bridgehead atoms. The van der Waals surface area contributed by atoms with Crippen molar-refractivity contribution in [2.45, 2.75) is 26.4 Å². The van der Waals surface area contributed by atoms with Gasteiger partial charge in [-0.05, 0) is 56.2 Å². The maximum absolute atomic E-state index is 13.2. The molecule has 10 heteroatoms. The van der Waals surface area contributed by atoms with Crippen LogP contribution in [-0.2, 0) is 4.74 Å². The number of hydrogen-bond acceptors (Lipinski definition) is 5. The molecule has 170 valence electrons. The molecule has 1 aliphatic heterocycles. The van der Waals surface area contributed by atoms with Crippen molar-refractivity contribution in [3.05, 3.63) is 58.4 Å². The van der Waals surface area contributed by atoms with Crippen LogP contribution in [0.2, 0.25) is 0 Å². The van der Waals surface area contributed by atoms with Gasteiger partial charge in [0.15, 0.2) is 0 Å². The van der Waals surface area contributed by atoms with Gasteiger partial charge in [-0.1, -0.05) is 12.1 Å². The molecule has 0 saturated carbocycles. The van der Waals surface area contributed by atoms with E-state index in [1.54, 1.807) is 39.0 Å². The number of likely N-dealkylation sites (tertiary alicyclic amines) is 1. The zero-order valence-electron chi connectivity index (χ0n) is 18.1. The van der Waals surface area contributed by atoms with Crippen molar-refractivity contribution in [3.63, 3.8) is 0 Å². The number of carbonyl (C=O) groups is 2. The lowest BCUT2D eigenvalue weighted by atomic mass is 10.0. The number of urea groups is 1. The highest BCUT2D eigenvalue weighted by molar-refractivity contribution is 5.93. The van der Waals surface area contributed by atoms with E-state index in [0.717, 1.165) is 0 Å². The second kappa shape index (κ2) is 9.21. The van der Waals surface area contributed by atoms with Gasteiger partial charge < -0.3 is 20.3 Å². The van der Waals surface area contributed by atoms with Crippen LogP contribution in [-0.4, -0.2) is 47.2 Å². The molecule has 2 aromatic rings. The zero-order valence-corrected chi connectivity index (χ0v) is 18.1. The van der Waals surface area contributed by atoms with E-state index < -0.39 is 28.5 Å². The van der Waals surface area contributed by atoms with Crippen molar-refractivity contribution in [3.8, 4) is 11.1 Å². The van der Waals surface area contributed by atoms with E-state index >= 15 is 0 Å². The standard InChI is InChI=1S/C22H25FN4O5/c1-22(2,3)32-21(29)24-11-14-12-26(13-14)20(28)25-18-10-16(6-9-19(18)27(30)31)15-4-7-17(23)8-5-15/h4-10,14H,11-13H2,1-3H3,(H,24,29)(H,25,28). The smallest absolute Gasteiger partial charge is 0.407 e. The van der Waals surface area contributed by atoms with E-state index in [-0.39, 0.29) is 17.3 Å². The predicted molar refractivity (Wildman–Crippen MR) is 117 cm³/mol. The van der Waals surface area contributed by atoms with Gasteiger partial charge in [0.25, 0.3) is 5.69 Å². The monoisotopic (exact) mass is 444 g/mol. The van der Waals surface area contributed by atoms with Crippen molar-refractivity contribution >= 4 is 23.5 Å². The lowest BCUT2D eigenvalue weighted by Gasteiger charge is -2.39. The largest absolute Gasteiger partial charge is 0.444 e. The summed E-state index contributed by atoms with van der Waals surface area (Å²) in [5, 5.41) is 16.6. The van der Waals surface area contributed by atoms with Gasteiger partial charge in [0, 0.05) is 31.6 Å². The molecule has 2 N–H and O–H groups in total. The molecular formula is C22H25FN4O5. The second-order valence-electron chi connectivity index (χ2n) is 8.58. The minimum atomic E-state index is -0.590. The summed E-state index contributed by atoms with van der Waals surface area (Å²) in [6.07, 6.45) is -0.520. The van der Waals surface area contributed by atoms with Crippen molar-refractivity contribution < 1.29 is 23.6 Å². The van der Waals surface area contributed by atoms with Crippen molar-refractivity contribution in [2.75, 3.05) is 25.0 Å². The lowest BCUT2D eigenvalue weighted by Crippen LogP contribution is -2.55. The number of rotatable bonds is 5. The van der Waals surface area contributed by atoms with Gasteiger partial charge in [0.2, 0.25) is 0 Å². The Bertz CT molecular complexity index is 1010. The number of carbonyl (C=O) groups excluding carboxylic acids is 2. The molecular weight excluding hydrogens is 419 g/mol. The first-order valence-electron chi connectivity index (χ1n) is 10.1. The molecule has 9 nitrogen and oxygen atoms in total. The Kier molecular flexibility index (Phi) is 6.61. The number of alkyl carbamates (subject to hydrolysis) is 1. The minimum Gasteiger partial charge on any atom is -0.444 e. The van der Waals surface area contributed by atoms with Crippen LogP contribution in [0.25, 0.3) is 11.1 Å². The van der Waals surface area contributed by atoms with Crippen LogP contribution in [0.5, 0.6) is 0 Å². The molecule has 3 amide bonds. The summed E-state index contributed by atoms with van der Waals surface area (Å²) in [7, 11) is 0. The van der Waals surface area contributed by atoms with Gasteiger partial charge in [-0.15, -0.1) is 0 Å². The van der Waals surface area contributed by atoms with Crippen LogP contribution in [0.4, 0.5) is 25.4 Å².